The smallest absolute Gasteiger partial charge is 0.151 e. The van der Waals surface area contributed by atoms with Crippen molar-refractivity contribution in [2.24, 2.45) is 0 Å². The molecule has 2 N–H and O–H groups in total. The molecule has 0 aliphatic rings. The lowest BCUT2D eigenvalue weighted by molar-refractivity contribution is 0.565. The van der Waals surface area contributed by atoms with Gasteiger partial charge < -0.3 is 10.3 Å². The number of thiazole rings is 1. The largest absolute Gasteiger partial charge is 0.344 e. The highest BCUT2D eigenvalue weighted by atomic mass is 35.5. The number of nitrogens with one attached hydrogen (secondary N) is 2. The number of imidazole rings is 1. The molecular formula is C15H23ClN4S. The van der Waals surface area contributed by atoms with Gasteiger partial charge in [0.25, 0.3) is 0 Å². The molecule has 0 bridgehead atoms. The number of nitrogens with zero attached hydrogens (tertiary/aromatic N) is 2. The molecule has 2 rings (SSSR count). The molecule has 116 valence electrons. The highest BCUT2D eigenvalue weighted by Crippen LogP contribution is 2.21. The summed E-state index contributed by atoms with van der Waals surface area (Å²) >= 11 is 7.95. The number of H-pyrrole nitrogens is 1. The lowest BCUT2D eigenvalue weighted by Gasteiger charge is -2.10. The molecule has 0 saturated heterocycles. The van der Waals surface area contributed by atoms with Gasteiger partial charge in [-0.15, -0.1) is 11.3 Å². The second-order valence-electron chi connectivity index (χ2n) is 5.18. The molecule has 0 spiro atoms. The van der Waals surface area contributed by atoms with Crippen LogP contribution in [0.2, 0.25) is 5.15 Å². The van der Waals surface area contributed by atoms with Gasteiger partial charge in [-0.2, -0.15) is 0 Å². The quantitative estimate of drug-likeness (QED) is 0.761. The van der Waals surface area contributed by atoms with Crippen LogP contribution in [-0.4, -0.2) is 15.0 Å². The minimum Gasteiger partial charge on any atom is -0.344 e. The summed E-state index contributed by atoms with van der Waals surface area (Å²) in [6.45, 7) is 7.13. The number of aromatic amines is 1. The van der Waals surface area contributed by atoms with E-state index in [4.69, 9.17) is 11.6 Å². The van der Waals surface area contributed by atoms with E-state index in [1.807, 2.05) is 6.20 Å². The van der Waals surface area contributed by atoms with Crippen LogP contribution in [0.1, 0.15) is 61.1 Å². The van der Waals surface area contributed by atoms with Crippen LogP contribution in [0.25, 0.3) is 0 Å². The fourth-order valence-electron chi connectivity index (χ4n) is 2.05. The summed E-state index contributed by atoms with van der Waals surface area (Å²) in [6.07, 6.45) is 6.25. The van der Waals surface area contributed by atoms with E-state index < -0.39 is 0 Å². The number of hydrogen-bond donors (Lipinski definition) is 2. The van der Waals surface area contributed by atoms with Gasteiger partial charge >= 0.3 is 0 Å². The van der Waals surface area contributed by atoms with E-state index >= 15 is 0 Å². The molecule has 0 fully saturated rings. The maximum atomic E-state index is 6.18. The molecule has 21 heavy (non-hydrogen) atoms. The molecule has 0 aliphatic heterocycles. The monoisotopic (exact) mass is 326 g/mol. The van der Waals surface area contributed by atoms with Crippen LogP contribution in [0.3, 0.4) is 0 Å². The Morgan fingerprint density at radius 2 is 2.24 bits per heavy atom. The summed E-state index contributed by atoms with van der Waals surface area (Å²) in [4.78, 5) is 13.5. The maximum absolute atomic E-state index is 6.18. The highest BCUT2D eigenvalue weighted by molar-refractivity contribution is 7.11. The molecule has 6 heteroatoms. The van der Waals surface area contributed by atoms with Crippen LogP contribution in [0, 0.1) is 0 Å². The van der Waals surface area contributed by atoms with E-state index in [0.29, 0.717) is 11.7 Å². The number of halogens is 1. The van der Waals surface area contributed by atoms with Gasteiger partial charge in [-0.3, -0.25) is 0 Å². The zero-order valence-corrected chi connectivity index (χ0v) is 14.4. The Labute approximate surface area is 135 Å². The van der Waals surface area contributed by atoms with Gasteiger partial charge in [0.15, 0.2) is 5.15 Å². The van der Waals surface area contributed by atoms with E-state index in [-0.39, 0.29) is 6.04 Å². The van der Waals surface area contributed by atoms with E-state index in [0.717, 1.165) is 42.2 Å². The number of aromatic nitrogens is 3. The lowest BCUT2D eigenvalue weighted by Crippen LogP contribution is -2.18. The highest BCUT2D eigenvalue weighted by Gasteiger charge is 2.12. The average Bonchev–Trinajstić information content (AvgIpc) is 3.09. The number of rotatable bonds is 8. The second-order valence-corrected chi connectivity index (χ2v) is 6.68. The molecule has 0 aromatic carbocycles. The van der Waals surface area contributed by atoms with E-state index in [2.05, 4.69) is 41.0 Å². The van der Waals surface area contributed by atoms with Crippen molar-refractivity contribution in [3.8, 4) is 0 Å². The van der Waals surface area contributed by atoms with Crippen molar-refractivity contribution in [2.75, 3.05) is 0 Å². The van der Waals surface area contributed by atoms with Crippen molar-refractivity contribution < 1.29 is 0 Å². The van der Waals surface area contributed by atoms with Gasteiger partial charge in [0, 0.05) is 24.0 Å². The number of aryl methyl sites for hydroxylation is 2. The minimum absolute atomic E-state index is 0.216. The Bertz CT molecular complexity index is 564. The standard InChI is InChI=1S/C15H23ClN4S/c1-4-6-7-13-19-12(14(16)20-13)9-17-10(3)15-18-8-11(5-2)21-15/h8,10,17H,4-7,9H2,1-3H3,(H,19,20). The first-order valence-corrected chi connectivity index (χ1v) is 8.74. The SMILES string of the molecule is CCCCc1nc(Cl)c(CNC(C)c2ncc(CC)s2)[nH]1. The first-order chi connectivity index (χ1) is 10.1. The van der Waals surface area contributed by atoms with Crippen molar-refractivity contribution in [3.63, 3.8) is 0 Å². The van der Waals surface area contributed by atoms with Crippen LogP contribution in [0.5, 0.6) is 0 Å². The van der Waals surface area contributed by atoms with E-state index in [9.17, 15) is 0 Å². The summed E-state index contributed by atoms with van der Waals surface area (Å²) < 4.78 is 0. The van der Waals surface area contributed by atoms with Gasteiger partial charge in [-0.1, -0.05) is 31.9 Å². The molecule has 0 radical (unpaired) electrons. The lowest BCUT2D eigenvalue weighted by atomic mass is 10.2. The molecular weight excluding hydrogens is 304 g/mol. The molecule has 2 aromatic rings. The summed E-state index contributed by atoms with van der Waals surface area (Å²) in [5.41, 5.74) is 0.960. The van der Waals surface area contributed by atoms with Crippen molar-refractivity contribution in [2.45, 2.75) is 59.0 Å². The summed E-state index contributed by atoms with van der Waals surface area (Å²) in [6, 6.07) is 0.216. The molecule has 4 nitrogen and oxygen atoms in total. The minimum atomic E-state index is 0.216. The fraction of sp³-hybridized carbons (Fsp3) is 0.600. The third kappa shape index (κ3) is 4.53. The van der Waals surface area contributed by atoms with Crippen molar-refractivity contribution in [1.29, 1.82) is 0 Å². The second kappa shape index (κ2) is 7.92. The Balaban J connectivity index is 1.91. The van der Waals surface area contributed by atoms with Gasteiger partial charge in [-0.25, -0.2) is 9.97 Å². The van der Waals surface area contributed by atoms with Gasteiger partial charge in [-0.05, 0) is 19.8 Å². The third-order valence-electron chi connectivity index (χ3n) is 3.42. The molecule has 2 heterocycles. The molecule has 0 saturated carbocycles. The van der Waals surface area contributed by atoms with Crippen LogP contribution in [0.15, 0.2) is 6.20 Å². The van der Waals surface area contributed by atoms with E-state index in [1.54, 1.807) is 11.3 Å². The Hall–Kier alpha value is -0.910. The fourth-order valence-corrected chi connectivity index (χ4v) is 3.15. The number of unbranched alkanes of at least 4 members (excludes halogenated alkanes) is 1. The van der Waals surface area contributed by atoms with Crippen molar-refractivity contribution in [3.05, 3.63) is 32.8 Å². The third-order valence-corrected chi connectivity index (χ3v) is 5.06. The normalized spacial score (nSPS) is 12.8. The van der Waals surface area contributed by atoms with Gasteiger partial charge in [0.2, 0.25) is 0 Å². The van der Waals surface area contributed by atoms with Crippen LogP contribution in [0.4, 0.5) is 0 Å². The molecule has 0 amide bonds. The Morgan fingerprint density at radius 3 is 2.90 bits per heavy atom. The van der Waals surface area contributed by atoms with E-state index in [1.165, 1.54) is 4.88 Å². The van der Waals surface area contributed by atoms with Gasteiger partial charge in [0.05, 0.1) is 11.7 Å². The topological polar surface area (TPSA) is 53.6 Å². The summed E-state index contributed by atoms with van der Waals surface area (Å²) in [5.74, 6) is 0.980. The van der Waals surface area contributed by atoms with Crippen LogP contribution < -0.4 is 5.32 Å². The predicted molar refractivity (Wildman–Crippen MR) is 89.0 cm³/mol. The first-order valence-electron chi connectivity index (χ1n) is 7.55. The van der Waals surface area contributed by atoms with Crippen molar-refractivity contribution in [1.82, 2.24) is 20.3 Å². The van der Waals surface area contributed by atoms with Crippen LogP contribution in [-0.2, 0) is 19.4 Å². The van der Waals surface area contributed by atoms with Crippen LogP contribution >= 0.6 is 22.9 Å². The predicted octanol–water partition coefficient (Wildman–Crippen LogP) is 4.28. The maximum Gasteiger partial charge on any atom is 0.151 e. The number of hydrogen-bond acceptors (Lipinski definition) is 4. The molecule has 1 unspecified atom stereocenters. The zero-order valence-electron chi connectivity index (χ0n) is 12.9. The molecule has 1 atom stereocenters. The van der Waals surface area contributed by atoms with Gasteiger partial charge in [0.1, 0.15) is 10.8 Å². The zero-order chi connectivity index (χ0) is 15.2. The van der Waals surface area contributed by atoms with Crippen molar-refractivity contribution >= 4 is 22.9 Å². The average molecular weight is 327 g/mol. The first kappa shape index (κ1) is 16.5. The Kier molecular flexibility index (Phi) is 6.21. The Morgan fingerprint density at radius 1 is 1.43 bits per heavy atom. The summed E-state index contributed by atoms with van der Waals surface area (Å²) in [5, 5.41) is 5.15. The molecule has 0 aliphatic carbocycles. The summed E-state index contributed by atoms with van der Waals surface area (Å²) in [7, 11) is 0. The molecule has 2 aromatic heterocycles.